The first-order chi connectivity index (χ1) is 10.8. The Hall–Kier alpha value is -2.18. The van der Waals surface area contributed by atoms with Crippen molar-refractivity contribution in [2.45, 2.75) is 0 Å². The van der Waals surface area contributed by atoms with Gasteiger partial charge in [0.05, 0.1) is 28.3 Å². The van der Waals surface area contributed by atoms with Crippen LogP contribution in [0.3, 0.4) is 0 Å². The zero-order chi connectivity index (χ0) is 17.6. The summed E-state index contributed by atoms with van der Waals surface area (Å²) >= 11 is 10.9. The SMILES string of the molecule is COc1c(Cl)cc(F)cc1C=O.O=Cc1cc(F)cc(Cl)c1O. The van der Waals surface area contributed by atoms with Gasteiger partial charge in [0, 0.05) is 0 Å². The topological polar surface area (TPSA) is 63.6 Å². The van der Waals surface area contributed by atoms with Gasteiger partial charge < -0.3 is 9.84 Å². The lowest BCUT2D eigenvalue weighted by atomic mass is 10.2. The Kier molecular flexibility index (Phi) is 6.93. The number of aldehydes is 2. The van der Waals surface area contributed by atoms with Crippen LogP contribution in [0.15, 0.2) is 24.3 Å². The molecule has 0 spiro atoms. The molecule has 2 aromatic carbocycles. The molecule has 0 radical (unpaired) electrons. The highest BCUT2D eigenvalue weighted by molar-refractivity contribution is 6.32. The summed E-state index contributed by atoms with van der Waals surface area (Å²) in [5, 5.41) is 8.93. The molecule has 23 heavy (non-hydrogen) atoms. The van der Waals surface area contributed by atoms with Gasteiger partial charge in [-0.05, 0) is 24.3 Å². The Morgan fingerprint density at radius 2 is 1.43 bits per heavy atom. The van der Waals surface area contributed by atoms with Crippen molar-refractivity contribution in [3.05, 3.63) is 57.1 Å². The maximum Gasteiger partial charge on any atom is 0.153 e. The van der Waals surface area contributed by atoms with Crippen LogP contribution >= 0.6 is 23.2 Å². The highest BCUT2D eigenvalue weighted by Crippen LogP contribution is 2.28. The fourth-order valence-corrected chi connectivity index (χ4v) is 2.06. The number of ether oxygens (including phenoxy) is 1. The number of rotatable bonds is 3. The summed E-state index contributed by atoms with van der Waals surface area (Å²) < 4.78 is 29.9. The van der Waals surface area contributed by atoms with E-state index in [0.29, 0.717) is 12.6 Å². The maximum atomic E-state index is 12.6. The van der Waals surface area contributed by atoms with E-state index in [1.165, 1.54) is 7.11 Å². The third kappa shape index (κ3) is 4.91. The smallest absolute Gasteiger partial charge is 0.153 e. The molecule has 0 aliphatic rings. The van der Waals surface area contributed by atoms with Crippen LogP contribution in [0.4, 0.5) is 8.78 Å². The van der Waals surface area contributed by atoms with E-state index in [1.807, 2.05) is 0 Å². The molecule has 8 heteroatoms. The number of carbonyl (C=O) groups is 2. The first-order valence-electron chi connectivity index (χ1n) is 5.95. The van der Waals surface area contributed by atoms with Crippen molar-refractivity contribution in [1.29, 1.82) is 0 Å². The third-order valence-electron chi connectivity index (χ3n) is 2.55. The minimum Gasteiger partial charge on any atom is -0.506 e. The van der Waals surface area contributed by atoms with Crippen molar-refractivity contribution in [3.63, 3.8) is 0 Å². The van der Waals surface area contributed by atoms with Crippen molar-refractivity contribution in [1.82, 2.24) is 0 Å². The van der Waals surface area contributed by atoms with Crippen LogP contribution in [0.2, 0.25) is 10.0 Å². The molecule has 4 nitrogen and oxygen atoms in total. The number of phenols is 1. The van der Waals surface area contributed by atoms with Gasteiger partial charge in [-0.3, -0.25) is 9.59 Å². The first kappa shape index (κ1) is 18.9. The fraction of sp³-hybridized carbons (Fsp3) is 0.0667. The summed E-state index contributed by atoms with van der Waals surface area (Å²) in [6.45, 7) is 0. The molecule has 2 rings (SSSR count). The van der Waals surface area contributed by atoms with E-state index in [-0.39, 0.29) is 32.7 Å². The molecule has 0 unspecified atom stereocenters. The Balaban J connectivity index is 0.000000231. The maximum absolute atomic E-state index is 12.6. The van der Waals surface area contributed by atoms with Crippen molar-refractivity contribution in [2.24, 2.45) is 0 Å². The molecule has 0 atom stereocenters. The normalized spacial score (nSPS) is 9.61. The lowest BCUT2D eigenvalue weighted by Gasteiger charge is -2.04. The lowest BCUT2D eigenvalue weighted by molar-refractivity contribution is 0.111. The fourth-order valence-electron chi connectivity index (χ4n) is 1.56. The Labute approximate surface area is 140 Å². The number of benzene rings is 2. The molecule has 0 aliphatic carbocycles. The van der Waals surface area contributed by atoms with Crippen molar-refractivity contribution >= 4 is 35.8 Å². The van der Waals surface area contributed by atoms with E-state index in [4.69, 9.17) is 33.0 Å². The minimum atomic E-state index is -0.644. The predicted octanol–water partition coefficient (Wildman–Crippen LogP) is 4.30. The second-order valence-corrected chi connectivity index (χ2v) is 4.89. The van der Waals surface area contributed by atoms with Gasteiger partial charge in [-0.1, -0.05) is 23.2 Å². The Bertz CT molecular complexity index is 736. The van der Waals surface area contributed by atoms with Crippen LogP contribution in [0.5, 0.6) is 11.5 Å². The van der Waals surface area contributed by atoms with Crippen molar-refractivity contribution in [3.8, 4) is 11.5 Å². The van der Waals surface area contributed by atoms with Crippen LogP contribution in [0.1, 0.15) is 20.7 Å². The quantitative estimate of drug-likeness (QED) is 0.826. The summed E-state index contributed by atoms with van der Waals surface area (Å²) in [5.74, 6) is -1.38. The predicted molar refractivity (Wildman–Crippen MR) is 81.8 cm³/mol. The van der Waals surface area contributed by atoms with Gasteiger partial charge in [-0.25, -0.2) is 8.78 Å². The lowest BCUT2D eigenvalue weighted by Crippen LogP contribution is -1.92. The number of halogens is 4. The molecule has 0 saturated heterocycles. The summed E-state index contributed by atoms with van der Waals surface area (Å²) in [6.07, 6.45) is 0.831. The van der Waals surface area contributed by atoms with Gasteiger partial charge >= 0.3 is 0 Å². The molecular weight excluding hydrogens is 353 g/mol. The molecule has 1 N–H and O–H groups in total. The van der Waals surface area contributed by atoms with Gasteiger partial charge in [-0.15, -0.1) is 0 Å². The zero-order valence-corrected chi connectivity index (χ0v) is 13.2. The first-order valence-corrected chi connectivity index (χ1v) is 6.71. The average molecular weight is 363 g/mol. The number of hydrogen-bond donors (Lipinski definition) is 1. The second-order valence-electron chi connectivity index (χ2n) is 4.07. The monoisotopic (exact) mass is 362 g/mol. The van der Waals surface area contributed by atoms with Crippen LogP contribution in [0, 0.1) is 11.6 Å². The summed E-state index contributed by atoms with van der Waals surface area (Å²) in [4.78, 5) is 20.5. The van der Waals surface area contributed by atoms with Crippen LogP contribution in [0.25, 0.3) is 0 Å². The van der Waals surface area contributed by atoms with E-state index >= 15 is 0 Å². The van der Waals surface area contributed by atoms with Crippen molar-refractivity contribution in [2.75, 3.05) is 7.11 Å². The molecule has 2 aromatic rings. The standard InChI is InChI=1S/C8H6ClFO2.C7H4ClFO2/c1-12-8-5(4-11)2-6(10)3-7(8)9;8-6-2-5(9)1-4(3-10)7(6)11/h2-4H,1H3;1-3,11H. The Morgan fingerprint density at radius 1 is 0.957 bits per heavy atom. The van der Waals surface area contributed by atoms with E-state index in [2.05, 4.69) is 0 Å². The number of hydrogen-bond acceptors (Lipinski definition) is 4. The van der Waals surface area contributed by atoms with Gasteiger partial charge in [0.2, 0.25) is 0 Å². The van der Waals surface area contributed by atoms with Crippen LogP contribution in [-0.2, 0) is 0 Å². The van der Waals surface area contributed by atoms with Crippen LogP contribution < -0.4 is 4.74 Å². The van der Waals surface area contributed by atoms with E-state index in [1.54, 1.807) is 0 Å². The molecule has 0 saturated carbocycles. The Morgan fingerprint density at radius 3 is 1.91 bits per heavy atom. The molecule has 0 heterocycles. The molecule has 122 valence electrons. The van der Waals surface area contributed by atoms with Gasteiger partial charge in [0.25, 0.3) is 0 Å². The number of phenolic OH excluding ortho intramolecular Hbond substituents is 1. The van der Waals surface area contributed by atoms with E-state index in [9.17, 15) is 18.4 Å². The largest absolute Gasteiger partial charge is 0.506 e. The second kappa shape index (κ2) is 8.45. The van der Waals surface area contributed by atoms with Crippen LogP contribution in [-0.4, -0.2) is 24.8 Å². The molecule has 0 amide bonds. The highest BCUT2D eigenvalue weighted by atomic mass is 35.5. The average Bonchev–Trinajstić information content (AvgIpc) is 2.50. The summed E-state index contributed by atoms with van der Waals surface area (Å²) in [5.41, 5.74) is -0.0301. The molecule has 0 bridgehead atoms. The number of methoxy groups -OCH3 is 1. The van der Waals surface area contributed by atoms with Gasteiger partial charge in [-0.2, -0.15) is 0 Å². The molecule has 0 aromatic heterocycles. The van der Waals surface area contributed by atoms with E-state index in [0.717, 1.165) is 24.3 Å². The molecule has 0 fully saturated rings. The van der Waals surface area contributed by atoms with Gasteiger partial charge in [0.1, 0.15) is 23.1 Å². The van der Waals surface area contributed by atoms with Crippen molar-refractivity contribution < 1.29 is 28.2 Å². The number of aromatic hydroxyl groups is 1. The summed E-state index contributed by atoms with van der Waals surface area (Å²) in [6, 6.07) is 4.00. The minimum absolute atomic E-state index is 0.0969. The summed E-state index contributed by atoms with van der Waals surface area (Å²) in [7, 11) is 1.37. The number of carbonyl (C=O) groups excluding carboxylic acids is 2. The van der Waals surface area contributed by atoms with E-state index < -0.39 is 11.6 Å². The zero-order valence-electron chi connectivity index (χ0n) is 11.6. The molecule has 0 aliphatic heterocycles. The molecular formula is C15H10Cl2F2O4. The van der Waals surface area contributed by atoms with Gasteiger partial charge in [0.15, 0.2) is 12.6 Å². The highest BCUT2D eigenvalue weighted by Gasteiger charge is 2.09. The third-order valence-corrected chi connectivity index (χ3v) is 3.12.